The second-order valence-corrected chi connectivity index (χ2v) is 6.31. The second-order valence-electron chi connectivity index (χ2n) is 6.31. The zero-order valence-corrected chi connectivity index (χ0v) is 15.3. The van der Waals surface area contributed by atoms with Crippen LogP contribution in [0.2, 0.25) is 0 Å². The molecule has 1 N–H and O–H groups in total. The van der Waals surface area contributed by atoms with Crippen LogP contribution in [0.25, 0.3) is 0 Å². The third kappa shape index (κ3) is 6.22. The van der Waals surface area contributed by atoms with E-state index in [0.29, 0.717) is 12.0 Å². The molecule has 0 radical (unpaired) electrons. The molecule has 1 amide bonds. The Balaban J connectivity index is 1.93. The fourth-order valence-corrected chi connectivity index (χ4v) is 2.63. The third-order valence-corrected chi connectivity index (χ3v) is 4.19. The number of amides is 1. The minimum Gasteiger partial charge on any atom is -0.469 e. The minimum absolute atomic E-state index is 0.0250. The first-order valence-corrected chi connectivity index (χ1v) is 8.52. The van der Waals surface area contributed by atoms with E-state index in [1.54, 1.807) is 12.1 Å². The van der Waals surface area contributed by atoms with Gasteiger partial charge in [-0.05, 0) is 24.5 Å². The standard InChI is InChI=1S/C20H22N2O5/c1-14-3-5-15(6-4-14)11-17(20(24)27-2)13-21-19(23)12-16-7-9-18(10-8-16)22(25)26/h3-10,17H,11-13H2,1-2H3,(H,21,23). The van der Waals surface area contributed by atoms with Gasteiger partial charge in [0.05, 0.1) is 24.4 Å². The van der Waals surface area contributed by atoms with Crippen LogP contribution in [-0.2, 0) is 27.2 Å². The first-order chi connectivity index (χ1) is 12.9. The number of nitro benzene ring substituents is 1. The number of carbonyl (C=O) groups excluding carboxylic acids is 2. The van der Waals surface area contributed by atoms with Crippen molar-refractivity contribution in [2.75, 3.05) is 13.7 Å². The van der Waals surface area contributed by atoms with Crippen LogP contribution >= 0.6 is 0 Å². The van der Waals surface area contributed by atoms with Gasteiger partial charge >= 0.3 is 5.97 Å². The third-order valence-electron chi connectivity index (χ3n) is 4.19. The van der Waals surface area contributed by atoms with Crippen LogP contribution in [0, 0.1) is 23.0 Å². The number of benzene rings is 2. The molecule has 0 aromatic heterocycles. The van der Waals surface area contributed by atoms with Crippen molar-refractivity contribution >= 4 is 17.6 Å². The van der Waals surface area contributed by atoms with Gasteiger partial charge in [0.25, 0.3) is 5.69 Å². The lowest BCUT2D eigenvalue weighted by Crippen LogP contribution is -2.35. The van der Waals surface area contributed by atoms with E-state index in [1.165, 1.54) is 19.2 Å². The summed E-state index contributed by atoms with van der Waals surface area (Å²) in [5.41, 5.74) is 2.75. The van der Waals surface area contributed by atoms with Crippen molar-refractivity contribution in [3.63, 3.8) is 0 Å². The minimum atomic E-state index is -0.490. The van der Waals surface area contributed by atoms with Crippen molar-refractivity contribution in [3.05, 3.63) is 75.3 Å². The lowest BCUT2D eigenvalue weighted by molar-refractivity contribution is -0.384. The molecule has 0 fully saturated rings. The van der Waals surface area contributed by atoms with Gasteiger partial charge in [-0.15, -0.1) is 0 Å². The van der Waals surface area contributed by atoms with E-state index in [4.69, 9.17) is 4.74 Å². The van der Waals surface area contributed by atoms with E-state index in [-0.39, 0.29) is 30.5 Å². The summed E-state index contributed by atoms with van der Waals surface area (Å²) < 4.78 is 4.84. The first-order valence-electron chi connectivity index (χ1n) is 8.52. The van der Waals surface area contributed by atoms with Crippen molar-refractivity contribution < 1.29 is 19.2 Å². The van der Waals surface area contributed by atoms with E-state index in [0.717, 1.165) is 11.1 Å². The highest BCUT2D eigenvalue weighted by molar-refractivity contribution is 5.80. The maximum Gasteiger partial charge on any atom is 0.310 e. The Bertz CT molecular complexity index is 800. The fourth-order valence-electron chi connectivity index (χ4n) is 2.63. The molecule has 0 bridgehead atoms. The summed E-state index contributed by atoms with van der Waals surface area (Å²) in [6, 6.07) is 13.6. The van der Waals surface area contributed by atoms with E-state index in [2.05, 4.69) is 5.32 Å². The number of nitrogens with zero attached hydrogens (tertiary/aromatic N) is 1. The van der Waals surface area contributed by atoms with Gasteiger partial charge < -0.3 is 10.1 Å². The number of methoxy groups -OCH3 is 1. The normalized spacial score (nSPS) is 11.5. The number of ether oxygens (including phenoxy) is 1. The SMILES string of the molecule is COC(=O)C(CNC(=O)Cc1ccc([N+](=O)[O-])cc1)Cc1ccc(C)cc1. The van der Waals surface area contributed by atoms with Crippen molar-refractivity contribution in [2.45, 2.75) is 19.8 Å². The predicted octanol–water partition coefficient (Wildman–Crippen LogP) is 2.59. The highest BCUT2D eigenvalue weighted by atomic mass is 16.6. The number of hydrogen-bond donors (Lipinski definition) is 1. The molecule has 0 spiro atoms. The zero-order valence-electron chi connectivity index (χ0n) is 15.3. The van der Waals surface area contributed by atoms with Crippen molar-refractivity contribution in [2.24, 2.45) is 5.92 Å². The quantitative estimate of drug-likeness (QED) is 0.437. The largest absolute Gasteiger partial charge is 0.469 e. The van der Waals surface area contributed by atoms with E-state index in [1.807, 2.05) is 31.2 Å². The van der Waals surface area contributed by atoms with Gasteiger partial charge in [0.1, 0.15) is 0 Å². The number of carbonyl (C=O) groups is 2. The Hall–Kier alpha value is -3.22. The lowest BCUT2D eigenvalue weighted by Gasteiger charge is -2.16. The fraction of sp³-hybridized carbons (Fsp3) is 0.300. The molecule has 27 heavy (non-hydrogen) atoms. The molecule has 0 saturated heterocycles. The number of hydrogen-bond acceptors (Lipinski definition) is 5. The Morgan fingerprint density at radius 1 is 1.07 bits per heavy atom. The highest BCUT2D eigenvalue weighted by Gasteiger charge is 2.20. The van der Waals surface area contributed by atoms with Crippen LogP contribution in [0.5, 0.6) is 0 Å². The topological polar surface area (TPSA) is 98.5 Å². The van der Waals surface area contributed by atoms with Crippen LogP contribution in [0.4, 0.5) is 5.69 Å². The van der Waals surface area contributed by atoms with Crippen LogP contribution in [0.1, 0.15) is 16.7 Å². The van der Waals surface area contributed by atoms with Crippen molar-refractivity contribution in [3.8, 4) is 0 Å². The molecule has 1 unspecified atom stereocenters. The maximum atomic E-state index is 12.1. The molecule has 142 valence electrons. The highest BCUT2D eigenvalue weighted by Crippen LogP contribution is 2.13. The summed E-state index contributed by atoms with van der Waals surface area (Å²) in [4.78, 5) is 34.3. The van der Waals surface area contributed by atoms with Gasteiger partial charge in [-0.25, -0.2) is 0 Å². The molecule has 1 atom stereocenters. The summed E-state index contributed by atoms with van der Waals surface area (Å²) in [7, 11) is 1.32. The smallest absolute Gasteiger partial charge is 0.310 e. The van der Waals surface area contributed by atoms with Crippen LogP contribution < -0.4 is 5.32 Å². The van der Waals surface area contributed by atoms with Gasteiger partial charge in [-0.2, -0.15) is 0 Å². The molecule has 0 heterocycles. The summed E-state index contributed by atoms with van der Waals surface area (Å²) in [6.45, 7) is 2.15. The molecular formula is C20H22N2O5. The second kappa shape index (κ2) is 9.47. The first kappa shape index (κ1) is 20.1. The number of non-ortho nitro benzene ring substituents is 1. The van der Waals surface area contributed by atoms with Gasteiger partial charge in [-0.1, -0.05) is 42.0 Å². The summed E-state index contributed by atoms with van der Waals surface area (Å²) in [6.07, 6.45) is 0.543. The van der Waals surface area contributed by atoms with Crippen LogP contribution in [0.15, 0.2) is 48.5 Å². The van der Waals surface area contributed by atoms with Gasteiger partial charge in [0.2, 0.25) is 5.91 Å². The molecule has 2 rings (SSSR count). The van der Waals surface area contributed by atoms with E-state index in [9.17, 15) is 19.7 Å². The molecule has 0 aliphatic rings. The summed E-state index contributed by atoms with van der Waals surface area (Å²) in [5.74, 6) is -1.13. The van der Waals surface area contributed by atoms with E-state index >= 15 is 0 Å². The van der Waals surface area contributed by atoms with Gasteiger partial charge in [0, 0.05) is 18.7 Å². The number of aryl methyl sites for hydroxylation is 1. The Morgan fingerprint density at radius 3 is 2.22 bits per heavy atom. The van der Waals surface area contributed by atoms with Crippen molar-refractivity contribution in [1.29, 1.82) is 0 Å². The van der Waals surface area contributed by atoms with Gasteiger partial charge in [0.15, 0.2) is 0 Å². The Morgan fingerprint density at radius 2 is 1.67 bits per heavy atom. The van der Waals surface area contributed by atoms with Crippen molar-refractivity contribution in [1.82, 2.24) is 5.32 Å². The Kier molecular flexibility index (Phi) is 7.05. The maximum absolute atomic E-state index is 12.1. The summed E-state index contributed by atoms with van der Waals surface area (Å²) in [5, 5.41) is 13.4. The monoisotopic (exact) mass is 370 g/mol. The average Bonchev–Trinajstić information content (AvgIpc) is 2.66. The number of rotatable bonds is 8. The Labute approximate surface area is 157 Å². The number of esters is 1. The van der Waals surface area contributed by atoms with Gasteiger partial charge in [-0.3, -0.25) is 19.7 Å². The molecule has 2 aromatic rings. The molecule has 7 heteroatoms. The zero-order chi connectivity index (χ0) is 19.8. The number of nitro groups is 1. The molecule has 2 aromatic carbocycles. The molecule has 0 saturated carbocycles. The lowest BCUT2D eigenvalue weighted by atomic mass is 9.98. The van der Waals surface area contributed by atoms with Crippen LogP contribution in [-0.4, -0.2) is 30.5 Å². The molecule has 7 nitrogen and oxygen atoms in total. The summed E-state index contributed by atoms with van der Waals surface area (Å²) >= 11 is 0. The molecule has 0 aliphatic carbocycles. The van der Waals surface area contributed by atoms with Crippen LogP contribution in [0.3, 0.4) is 0 Å². The van der Waals surface area contributed by atoms with E-state index < -0.39 is 10.8 Å². The predicted molar refractivity (Wildman–Crippen MR) is 100 cm³/mol. The molecule has 0 aliphatic heterocycles. The molecular weight excluding hydrogens is 348 g/mol. The average molecular weight is 370 g/mol. The number of nitrogens with one attached hydrogen (secondary N) is 1.